The minimum Gasteiger partial charge on any atom is -0.462 e. The summed E-state index contributed by atoms with van der Waals surface area (Å²) in [6.45, 7) is 2.74. The van der Waals surface area contributed by atoms with Crippen LogP contribution in [0.15, 0.2) is 85.1 Å². The molecule has 0 amide bonds. The number of allylic oxidation sites excluding steroid dienone is 14. The maximum absolute atomic E-state index is 12.8. The Balaban J connectivity index is 2.54. The second-order valence-electron chi connectivity index (χ2n) is 16.2. The van der Waals surface area contributed by atoms with Crippen molar-refractivity contribution < 1.29 is 68.2 Å². The number of phosphoric ester groups is 1. The molecule has 1 aliphatic rings. The number of phosphoric acid groups is 1. The van der Waals surface area contributed by atoms with E-state index in [0.717, 1.165) is 57.8 Å². The lowest BCUT2D eigenvalue weighted by molar-refractivity contribution is -0.220. The van der Waals surface area contributed by atoms with Crippen molar-refractivity contribution >= 4 is 19.8 Å². The van der Waals surface area contributed by atoms with Crippen molar-refractivity contribution in [2.45, 2.75) is 198 Å². The van der Waals surface area contributed by atoms with E-state index in [2.05, 4.69) is 67.7 Å². The number of carbonyl (C=O) groups is 2. The van der Waals surface area contributed by atoms with Gasteiger partial charge in [-0.25, -0.2) is 4.57 Å². The Morgan fingerprint density at radius 1 is 0.547 bits per heavy atom. The van der Waals surface area contributed by atoms with Crippen molar-refractivity contribution in [3.05, 3.63) is 85.1 Å². The number of rotatable bonds is 37. The molecular formula is C49H81O14P. The van der Waals surface area contributed by atoms with Crippen LogP contribution < -0.4 is 0 Å². The van der Waals surface area contributed by atoms with E-state index in [1.165, 1.54) is 38.5 Å². The van der Waals surface area contributed by atoms with Crippen LogP contribution in [-0.2, 0) is 32.7 Å². The molecule has 1 aliphatic carbocycles. The number of esters is 2. The molecule has 0 aromatic carbocycles. The molecule has 1 rings (SSSR count). The second-order valence-corrected chi connectivity index (χ2v) is 17.6. The van der Waals surface area contributed by atoms with Gasteiger partial charge in [-0.1, -0.05) is 124 Å². The van der Waals surface area contributed by atoms with E-state index in [0.29, 0.717) is 25.7 Å². The monoisotopic (exact) mass is 925 g/mol. The first-order valence-corrected chi connectivity index (χ1v) is 24.9. The molecule has 7 N–H and O–H groups in total. The van der Waals surface area contributed by atoms with Crippen LogP contribution in [0.1, 0.15) is 149 Å². The molecule has 0 heterocycles. The standard InChI is InChI=1S/C49H81O14P/c1-3-4-5-6-7-8-9-10-11-12-15-19-22-25-28-31-34-37-43(52)62-41(39-61-64(58,59)63-49-47(56)45(54)44(53)46(55)48(49)57)38-60-42(51)36-33-30-27-24-21-18-16-13-14-17-20-23-26-29-32-35-40(2)50/h10-11,14-19,23-28,40-41,44-50,53-57H,3-9,12-13,20-22,29-39H2,1-2H3,(H,58,59)/b11-10-,17-14-,18-16-,19-15-,26-23-,27-24-,28-25-/t40-,41-,44?,45-,46+,47-,48-,49?/m1/s1. The third-order valence-electron chi connectivity index (χ3n) is 10.2. The Morgan fingerprint density at radius 2 is 0.953 bits per heavy atom. The van der Waals surface area contributed by atoms with Gasteiger partial charge in [-0.2, -0.15) is 0 Å². The average Bonchev–Trinajstić information content (AvgIpc) is 3.26. The number of hydrogen-bond acceptors (Lipinski definition) is 13. The fraction of sp³-hybridized carbons (Fsp3) is 0.673. The lowest BCUT2D eigenvalue weighted by Crippen LogP contribution is -2.64. The van der Waals surface area contributed by atoms with E-state index in [-0.39, 0.29) is 18.9 Å². The highest BCUT2D eigenvalue weighted by Gasteiger charge is 2.51. The highest BCUT2D eigenvalue weighted by Crippen LogP contribution is 2.47. The van der Waals surface area contributed by atoms with E-state index in [1.54, 1.807) is 6.92 Å². The SMILES string of the molecule is CCCCCCCC/C=C\C/C=C\C/C=C\CCCC(=O)O[C@H](COC(=O)CCC/C=C\C/C=C\C/C=C\C/C=C\CCC[C@@H](C)O)COP(=O)(O)OC1[C@H](O)[C@H](O)C(O)[C@H](O)[C@H]1O. The van der Waals surface area contributed by atoms with Crippen LogP contribution in [0.3, 0.4) is 0 Å². The third-order valence-corrected chi connectivity index (χ3v) is 11.2. The predicted molar refractivity (Wildman–Crippen MR) is 250 cm³/mol. The fourth-order valence-corrected chi connectivity index (χ4v) is 7.40. The van der Waals surface area contributed by atoms with Gasteiger partial charge in [0.1, 0.15) is 43.2 Å². The van der Waals surface area contributed by atoms with Crippen LogP contribution in [0.5, 0.6) is 0 Å². The van der Waals surface area contributed by atoms with Crippen molar-refractivity contribution in [3.8, 4) is 0 Å². The van der Waals surface area contributed by atoms with Crippen LogP contribution >= 0.6 is 7.82 Å². The molecule has 9 atom stereocenters. The maximum atomic E-state index is 12.8. The molecule has 14 nitrogen and oxygen atoms in total. The summed E-state index contributed by atoms with van der Waals surface area (Å²) < 4.78 is 33.4. The van der Waals surface area contributed by atoms with Crippen LogP contribution in [-0.4, -0.2) is 110 Å². The summed E-state index contributed by atoms with van der Waals surface area (Å²) >= 11 is 0. The molecule has 15 heteroatoms. The Bertz CT molecular complexity index is 1450. The molecule has 0 aromatic heterocycles. The smallest absolute Gasteiger partial charge is 0.462 e. The number of aliphatic hydroxyl groups is 6. The van der Waals surface area contributed by atoms with Gasteiger partial charge in [0.25, 0.3) is 0 Å². The molecule has 0 radical (unpaired) electrons. The summed E-state index contributed by atoms with van der Waals surface area (Å²) in [5, 5.41) is 59.4. The van der Waals surface area contributed by atoms with Crippen molar-refractivity contribution in [3.63, 3.8) is 0 Å². The summed E-state index contributed by atoms with van der Waals surface area (Å²) in [6.07, 6.45) is 33.5. The van der Waals surface area contributed by atoms with Gasteiger partial charge < -0.3 is 45.0 Å². The highest BCUT2D eigenvalue weighted by atomic mass is 31.2. The van der Waals surface area contributed by atoms with Gasteiger partial charge in [-0.15, -0.1) is 0 Å². The Labute approximate surface area is 382 Å². The van der Waals surface area contributed by atoms with E-state index in [4.69, 9.17) is 18.5 Å². The molecule has 3 unspecified atom stereocenters. The first-order valence-electron chi connectivity index (χ1n) is 23.4. The molecule has 0 aliphatic heterocycles. The fourth-order valence-electron chi connectivity index (χ4n) is 6.43. The molecule has 1 fully saturated rings. The van der Waals surface area contributed by atoms with Gasteiger partial charge in [-0.3, -0.25) is 18.6 Å². The number of carbonyl (C=O) groups excluding carboxylic acids is 2. The summed E-state index contributed by atoms with van der Waals surface area (Å²) in [5.74, 6) is -1.25. The number of aliphatic hydroxyl groups excluding tert-OH is 6. The summed E-state index contributed by atoms with van der Waals surface area (Å²) in [7, 11) is -5.16. The molecule has 0 spiro atoms. The Hall–Kier alpha value is -3.01. The lowest BCUT2D eigenvalue weighted by atomic mass is 9.85. The minimum absolute atomic E-state index is 0.00249. The first kappa shape index (κ1) is 59.0. The van der Waals surface area contributed by atoms with Crippen molar-refractivity contribution in [1.29, 1.82) is 0 Å². The van der Waals surface area contributed by atoms with E-state index in [1.807, 2.05) is 24.3 Å². The first-order chi connectivity index (χ1) is 30.8. The maximum Gasteiger partial charge on any atom is 0.472 e. The van der Waals surface area contributed by atoms with E-state index >= 15 is 0 Å². The molecule has 1 saturated carbocycles. The van der Waals surface area contributed by atoms with Crippen LogP contribution in [0.2, 0.25) is 0 Å². The zero-order valence-corrected chi connectivity index (χ0v) is 39.3. The second kappa shape index (κ2) is 38.1. The van der Waals surface area contributed by atoms with Gasteiger partial charge in [0.05, 0.1) is 12.7 Å². The summed E-state index contributed by atoms with van der Waals surface area (Å²) in [6, 6.07) is 0. The van der Waals surface area contributed by atoms with Gasteiger partial charge in [0.15, 0.2) is 6.10 Å². The zero-order chi connectivity index (χ0) is 47.3. The van der Waals surface area contributed by atoms with Crippen molar-refractivity contribution in [2.24, 2.45) is 0 Å². The zero-order valence-electron chi connectivity index (χ0n) is 38.4. The van der Waals surface area contributed by atoms with E-state index < -0.39 is 75.7 Å². The number of hydrogen-bond donors (Lipinski definition) is 7. The molecule has 0 bridgehead atoms. The Kier molecular flexibility index (Phi) is 35.2. The summed E-state index contributed by atoms with van der Waals surface area (Å²) in [5.41, 5.74) is 0. The lowest BCUT2D eigenvalue weighted by Gasteiger charge is -2.41. The van der Waals surface area contributed by atoms with Gasteiger partial charge in [0.2, 0.25) is 0 Å². The van der Waals surface area contributed by atoms with Crippen LogP contribution in [0.4, 0.5) is 0 Å². The van der Waals surface area contributed by atoms with Gasteiger partial charge in [0, 0.05) is 12.8 Å². The average molecular weight is 925 g/mol. The molecular weight excluding hydrogens is 843 g/mol. The highest BCUT2D eigenvalue weighted by molar-refractivity contribution is 7.47. The quantitative estimate of drug-likeness (QED) is 0.0135. The van der Waals surface area contributed by atoms with Crippen LogP contribution in [0, 0.1) is 0 Å². The van der Waals surface area contributed by atoms with Gasteiger partial charge in [-0.05, 0) is 96.8 Å². The third kappa shape index (κ3) is 31.0. The topological polar surface area (TPSA) is 230 Å². The van der Waals surface area contributed by atoms with Crippen LogP contribution in [0.25, 0.3) is 0 Å². The number of unbranched alkanes of at least 4 members (excludes halogenated alkanes) is 9. The van der Waals surface area contributed by atoms with Gasteiger partial charge >= 0.3 is 19.8 Å². The largest absolute Gasteiger partial charge is 0.472 e. The summed E-state index contributed by atoms with van der Waals surface area (Å²) in [4.78, 5) is 35.7. The molecule has 0 aromatic rings. The molecule has 64 heavy (non-hydrogen) atoms. The molecule has 0 saturated heterocycles. The van der Waals surface area contributed by atoms with Crippen molar-refractivity contribution in [2.75, 3.05) is 13.2 Å². The normalized spacial score (nSPS) is 22.8. The minimum atomic E-state index is -5.16. The van der Waals surface area contributed by atoms with E-state index in [9.17, 15) is 49.7 Å². The molecule has 366 valence electrons. The Morgan fingerprint density at radius 3 is 1.44 bits per heavy atom. The number of ether oxygens (including phenoxy) is 2. The van der Waals surface area contributed by atoms with Crippen molar-refractivity contribution in [1.82, 2.24) is 0 Å². The predicted octanol–water partition coefficient (Wildman–Crippen LogP) is 8.25.